The lowest BCUT2D eigenvalue weighted by Crippen LogP contribution is -2.43. The molecule has 1 aromatic rings. The molecule has 1 fully saturated rings. The number of nitrogens with zero attached hydrogens (tertiary/aromatic N) is 1. The monoisotopic (exact) mass is 275 g/mol. The first-order valence-electron chi connectivity index (χ1n) is 7.52. The Hall–Kier alpha value is -1.35. The lowest BCUT2D eigenvalue weighted by atomic mass is 9.80. The standard InChI is InChI=1S/C17H25NO2/c1-4-14-5-7-15(8-6-14)13(2)18-11-9-17(3,10-12-18)16(19)20/h5-8,13H,4,9-12H2,1-3H3,(H,19,20). The number of piperidine rings is 1. The van der Waals surface area contributed by atoms with Crippen molar-refractivity contribution in [2.45, 2.75) is 46.1 Å². The van der Waals surface area contributed by atoms with E-state index in [2.05, 4.69) is 43.0 Å². The number of likely N-dealkylation sites (tertiary alicyclic amines) is 1. The zero-order valence-electron chi connectivity index (χ0n) is 12.7. The number of carboxylic acids is 1. The van der Waals surface area contributed by atoms with Gasteiger partial charge in [0.05, 0.1) is 5.41 Å². The summed E-state index contributed by atoms with van der Waals surface area (Å²) >= 11 is 0. The van der Waals surface area contributed by atoms with Crippen molar-refractivity contribution >= 4 is 5.97 Å². The van der Waals surface area contributed by atoms with E-state index in [1.54, 1.807) is 0 Å². The number of rotatable bonds is 4. The summed E-state index contributed by atoms with van der Waals surface area (Å²) in [5, 5.41) is 9.28. The predicted octanol–water partition coefficient (Wildman–Crippen LogP) is 3.50. The van der Waals surface area contributed by atoms with Gasteiger partial charge in [0.2, 0.25) is 0 Å². The highest BCUT2D eigenvalue weighted by atomic mass is 16.4. The van der Waals surface area contributed by atoms with Crippen molar-refractivity contribution in [2.75, 3.05) is 13.1 Å². The number of hydrogen-bond donors (Lipinski definition) is 1. The molecule has 1 saturated heterocycles. The molecule has 20 heavy (non-hydrogen) atoms. The number of carboxylic acid groups (broad SMARTS) is 1. The molecule has 1 unspecified atom stereocenters. The van der Waals surface area contributed by atoms with Crippen LogP contribution in [-0.2, 0) is 11.2 Å². The zero-order valence-corrected chi connectivity index (χ0v) is 12.7. The van der Waals surface area contributed by atoms with E-state index >= 15 is 0 Å². The van der Waals surface area contributed by atoms with Crippen molar-refractivity contribution in [1.29, 1.82) is 0 Å². The number of aryl methyl sites for hydroxylation is 1. The predicted molar refractivity (Wildman–Crippen MR) is 80.8 cm³/mol. The van der Waals surface area contributed by atoms with Crippen molar-refractivity contribution in [3.05, 3.63) is 35.4 Å². The maximum atomic E-state index is 11.3. The van der Waals surface area contributed by atoms with E-state index in [-0.39, 0.29) is 0 Å². The van der Waals surface area contributed by atoms with Crippen molar-refractivity contribution in [3.8, 4) is 0 Å². The van der Waals surface area contributed by atoms with Gasteiger partial charge in [-0.2, -0.15) is 0 Å². The molecule has 1 aliphatic rings. The van der Waals surface area contributed by atoms with Gasteiger partial charge in [0.15, 0.2) is 0 Å². The Morgan fingerprint density at radius 1 is 1.30 bits per heavy atom. The Bertz CT molecular complexity index is 458. The van der Waals surface area contributed by atoms with Gasteiger partial charge in [0.1, 0.15) is 0 Å². The molecular weight excluding hydrogens is 250 g/mol. The summed E-state index contributed by atoms with van der Waals surface area (Å²) in [5.41, 5.74) is 2.14. The molecule has 0 bridgehead atoms. The lowest BCUT2D eigenvalue weighted by Gasteiger charge is -2.39. The van der Waals surface area contributed by atoms with Crippen molar-refractivity contribution in [2.24, 2.45) is 5.41 Å². The highest BCUT2D eigenvalue weighted by Crippen LogP contribution is 2.34. The second kappa shape index (κ2) is 5.96. The van der Waals surface area contributed by atoms with Crippen LogP contribution in [0.1, 0.15) is 50.8 Å². The molecule has 0 amide bonds. The quantitative estimate of drug-likeness (QED) is 0.914. The average molecular weight is 275 g/mol. The van der Waals surface area contributed by atoms with Crippen molar-refractivity contribution in [1.82, 2.24) is 4.90 Å². The molecule has 0 spiro atoms. The molecule has 3 heteroatoms. The molecule has 1 heterocycles. The second-order valence-electron chi connectivity index (χ2n) is 6.17. The van der Waals surface area contributed by atoms with E-state index in [0.717, 1.165) is 32.4 Å². The van der Waals surface area contributed by atoms with Gasteiger partial charge < -0.3 is 5.11 Å². The van der Waals surface area contributed by atoms with Gasteiger partial charge in [-0.1, -0.05) is 31.2 Å². The first-order chi connectivity index (χ1) is 9.46. The molecule has 0 aromatic heterocycles. The third kappa shape index (κ3) is 3.04. The molecule has 110 valence electrons. The summed E-state index contributed by atoms with van der Waals surface area (Å²) in [6.07, 6.45) is 2.54. The molecular formula is C17H25NO2. The smallest absolute Gasteiger partial charge is 0.309 e. The topological polar surface area (TPSA) is 40.5 Å². The van der Waals surface area contributed by atoms with Crippen LogP contribution < -0.4 is 0 Å². The summed E-state index contributed by atoms with van der Waals surface area (Å²) in [5.74, 6) is -0.655. The molecule has 0 radical (unpaired) electrons. The molecule has 2 rings (SSSR count). The fourth-order valence-electron chi connectivity index (χ4n) is 2.86. The Balaban J connectivity index is 2.00. The molecule has 1 atom stereocenters. The Morgan fingerprint density at radius 2 is 1.85 bits per heavy atom. The minimum absolute atomic E-state index is 0.360. The highest BCUT2D eigenvalue weighted by Gasteiger charge is 2.37. The van der Waals surface area contributed by atoms with E-state index in [9.17, 15) is 9.90 Å². The first-order valence-corrected chi connectivity index (χ1v) is 7.52. The number of aliphatic carboxylic acids is 1. The number of benzene rings is 1. The van der Waals surface area contributed by atoms with E-state index in [1.165, 1.54) is 11.1 Å². The first kappa shape index (κ1) is 15.0. The van der Waals surface area contributed by atoms with Crippen LogP contribution in [0.3, 0.4) is 0 Å². The fourth-order valence-corrected chi connectivity index (χ4v) is 2.86. The summed E-state index contributed by atoms with van der Waals surface area (Å²) in [6.45, 7) is 7.96. The Morgan fingerprint density at radius 3 is 2.30 bits per heavy atom. The maximum Gasteiger partial charge on any atom is 0.309 e. The number of hydrogen-bond acceptors (Lipinski definition) is 2. The van der Waals surface area contributed by atoms with Gasteiger partial charge in [-0.15, -0.1) is 0 Å². The normalized spacial score (nSPS) is 20.6. The van der Waals surface area contributed by atoms with Crippen LogP contribution in [0.25, 0.3) is 0 Å². The zero-order chi connectivity index (χ0) is 14.8. The van der Waals surface area contributed by atoms with Gasteiger partial charge >= 0.3 is 5.97 Å². The average Bonchev–Trinajstić information content (AvgIpc) is 2.47. The molecule has 1 N–H and O–H groups in total. The summed E-state index contributed by atoms with van der Waals surface area (Å²) in [4.78, 5) is 13.7. The van der Waals surface area contributed by atoms with Crippen LogP contribution in [0.2, 0.25) is 0 Å². The molecule has 0 saturated carbocycles. The van der Waals surface area contributed by atoms with Gasteiger partial charge in [0.25, 0.3) is 0 Å². The van der Waals surface area contributed by atoms with E-state index in [1.807, 2.05) is 6.92 Å². The van der Waals surface area contributed by atoms with Crippen molar-refractivity contribution in [3.63, 3.8) is 0 Å². The van der Waals surface area contributed by atoms with Gasteiger partial charge in [-0.3, -0.25) is 9.69 Å². The van der Waals surface area contributed by atoms with Crippen molar-refractivity contribution < 1.29 is 9.90 Å². The minimum Gasteiger partial charge on any atom is -0.481 e. The van der Waals surface area contributed by atoms with Crippen LogP contribution in [-0.4, -0.2) is 29.1 Å². The van der Waals surface area contributed by atoms with Crippen LogP contribution >= 0.6 is 0 Å². The summed E-state index contributed by atoms with van der Waals surface area (Å²) in [7, 11) is 0. The SMILES string of the molecule is CCc1ccc(C(C)N2CCC(C)(C(=O)O)CC2)cc1. The largest absolute Gasteiger partial charge is 0.481 e. The van der Waals surface area contributed by atoms with E-state index < -0.39 is 11.4 Å². The molecule has 0 aliphatic carbocycles. The fraction of sp³-hybridized carbons (Fsp3) is 0.588. The molecule has 3 nitrogen and oxygen atoms in total. The third-order valence-electron chi connectivity index (χ3n) is 4.84. The van der Waals surface area contributed by atoms with E-state index in [4.69, 9.17) is 0 Å². The third-order valence-corrected chi connectivity index (χ3v) is 4.84. The van der Waals surface area contributed by atoms with Crippen LogP contribution in [0.5, 0.6) is 0 Å². The highest BCUT2D eigenvalue weighted by molar-refractivity contribution is 5.74. The number of carbonyl (C=O) groups is 1. The minimum atomic E-state index is -0.655. The maximum absolute atomic E-state index is 11.3. The summed E-state index contributed by atoms with van der Waals surface area (Å²) in [6, 6.07) is 9.15. The Kier molecular flexibility index (Phi) is 4.48. The van der Waals surface area contributed by atoms with Crippen LogP contribution in [0.4, 0.5) is 0 Å². The molecule has 1 aliphatic heterocycles. The van der Waals surface area contributed by atoms with E-state index in [0.29, 0.717) is 6.04 Å². The van der Waals surface area contributed by atoms with Gasteiger partial charge in [-0.05, 0) is 57.3 Å². The van der Waals surface area contributed by atoms with Crippen LogP contribution in [0, 0.1) is 5.41 Å². The summed E-state index contributed by atoms with van der Waals surface area (Å²) < 4.78 is 0. The molecule has 1 aromatic carbocycles. The van der Waals surface area contributed by atoms with Gasteiger partial charge in [0, 0.05) is 6.04 Å². The Labute approximate surface area is 121 Å². The lowest BCUT2D eigenvalue weighted by molar-refractivity contribution is -0.151. The van der Waals surface area contributed by atoms with Gasteiger partial charge in [-0.25, -0.2) is 0 Å². The second-order valence-corrected chi connectivity index (χ2v) is 6.17. The van der Waals surface area contributed by atoms with Crippen LogP contribution in [0.15, 0.2) is 24.3 Å².